The Hall–Kier alpha value is -1.20. The summed E-state index contributed by atoms with van der Waals surface area (Å²) >= 11 is 0. The van der Waals surface area contributed by atoms with E-state index < -0.39 is 0 Å². The summed E-state index contributed by atoms with van der Waals surface area (Å²) in [6.45, 7) is 9.77. The predicted octanol–water partition coefficient (Wildman–Crippen LogP) is 1.68. The highest BCUT2D eigenvalue weighted by atomic mass is 16.5. The third-order valence-corrected chi connectivity index (χ3v) is 3.37. The largest absolute Gasteiger partial charge is 0.368 e. The van der Waals surface area contributed by atoms with Gasteiger partial charge in [0, 0.05) is 19.2 Å². The van der Waals surface area contributed by atoms with Crippen LogP contribution in [0.25, 0.3) is 0 Å². The van der Waals surface area contributed by atoms with E-state index in [1.807, 2.05) is 13.8 Å². The van der Waals surface area contributed by atoms with Crippen LogP contribution in [-0.4, -0.2) is 41.1 Å². The van der Waals surface area contributed by atoms with Crippen LogP contribution in [0.15, 0.2) is 10.9 Å². The third-order valence-electron chi connectivity index (χ3n) is 3.37. The van der Waals surface area contributed by atoms with Gasteiger partial charge in [0.25, 0.3) is 5.56 Å². The smallest absolute Gasteiger partial charge is 0.251 e. The van der Waals surface area contributed by atoms with Crippen molar-refractivity contribution in [1.82, 2.24) is 14.9 Å². The van der Waals surface area contributed by atoms with E-state index in [0.29, 0.717) is 12.4 Å². The fourth-order valence-corrected chi connectivity index (χ4v) is 2.33. The minimum absolute atomic E-state index is 0.0927. The number of nitrogens with zero attached hydrogens (tertiary/aromatic N) is 2. The summed E-state index contributed by atoms with van der Waals surface area (Å²) in [6.07, 6.45) is 1.01. The van der Waals surface area contributed by atoms with Gasteiger partial charge in [-0.3, -0.25) is 9.69 Å². The molecule has 2 rings (SSSR count). The Bertz CT molecular complexity index is 468. The lowest BCUT2D eigenvalue weighted by Gasteiger charge is -2.32. The van der Waals surface area contributed by atoms with Crippen LogP contribution in [0.4, 0.5) is 0 Å². The van der Waals surface area contributed by atoms with E-state index in [-0.39, 0.29) is 17.6 Å². The number of aromatic amines is 1. The van der Waals surface area contributed by atoms with Gasteiger partial charge in [-0.05, 0) is 18.9 Å². The highest BCUT2D eigenvalue weighted by molar-refractivity contribution is 5.08. The molecule has 0 aliphatic carbocycles. The zero-order valence-electron chi connectivity index (χ0n) is 12.0. The Balaban J connectivity index is 2.18. The van der Waals surface area contributed by atoms with Crippen molar-refractivity contribution in [3.8, 4) is 0 Å². The quantitative estimate of drug-likeness (QED) is 0.900. The Morgan fingerprint density at radius 3 is 3.05 bits per heavy atom. The molecule has 19 heavy (non-hydrogen) atoms. The molecule has 0 amide bonds. The maximum atomic E-state index is 11.7. The molecule has 0 bridgehead atoms. The maximum Gasteiger partial charge on any atom is 0.251 e. The molecule has 106 valence electrons. The van der Waals surface area contributed by atoms with Crippen LogP contribution in [0.1, 0.15) is 50.7 Å². The summed E-state index contributed by atoms with van der Waals surface area (Å²) in [4.78, 5) is 21.4. The van der Waals surface area contributed by atoms with Gasteiger partial charge in [0.05, 0.1) is 12.3 Å². The van der Waals surface area contributed by atoms with Gasteiger partial charge in [-0.15, -0.1) is 0 Å². The number of hydrogen-bond donors (Lipinski definition) is 1. The fourth-order valence-electron chi connectivity index (χ4n) is 2.33. The molecule has 0 spiro atoms. The van der Waals surface area contributed by atoms with Crippen molar-refractivity contribution in [2.45, 2.75) is 39.2 Å². The van der Waals surface area contributed by atoms with Gasteiger partial charge in [-0.25, -0.2) is 4.98 Å². The van der Waals surface area contributed by atoms with Crippen LogP contribution in [0.3, 0.4) is 0 Å². The SMILES string of the molecule is CCCN1CCOC(c2nc(C(C)C)cc(=O)[nH]2)C1. The van der Waals surface area contributed by atoms with Crippen LogP contribution in [0.2, 0.25) is 0 Å². The summed E-state index contributed by atoms with van der Waals surface area (Å²) in [7, 11) is 0. The first-order valence-corrected chi connectivity index (χ1v) is 7.05. The number of aromatic nitrogens is 2. The van der Waals surface area contributed by atoms with Crippen LogP contribution in [0, 0.1) is 0 Å². The first kappa shape index (κ1) is 14.2. The molecule has 1 N–H and O–H groups in total. The summed E-state index contributed by atoms with van der Waals surface area (Å²) in [5, 5.41) is 0. The molecule has 1 aromatic heterocycles. The molecule has 0 radical (unpaired) electrons. The molecule has 1 aromatic rings. The lowest BCUT2D eigenvalue weighted by Crippen LogP contribution is -2.39. The zero-order valence-corrected chi connectivity index (χ0v) is 12.0. The van der Waals surface area contributed by atoms with Crippen LogP contribution < -0.4 is 5.56 Å². The van der Waals surface area contributed by atoms with E-state index in [4.69, 9.17) is 4.74 Å². The average Bonchev–Trinajstić information content (AvgIpc) is 2.38. The van der Waals surface area contributed by atoms with Crippen molar-refractivity contribution < 1.29 is 4.74 Å². The highest BCUT2D eigenvalue weighted by Gasteiger charge is 2.23. The van der Waals surface area contributed by atoms with E-state index >= 15 is 0 Å². The molecule has 0 aromatic carbocycles. The number of H-pyrrole nitrogens is 1. The van der Waals surface area contributed by atoms with Crippen molar-refractivity contribution in [2.24, 2.45) is 0 Å². The normalized spacial score (nSPS) is 20.9. The molecule has 1 saturated heterocycles. The Morgan fingerprint density at radius 1 is 1.58 bits per heavy atom. The summed E-state index contributed by atoms with van der Waals surface area (Å²) in [5.41, 5.74) is 0.736. The predicted molar refractivity (Wildman–Crippen MR) is 74.4 cm³/mol. The molecule has 1 aliphatic heterocycles. The Labute approximate surface area is 114 Å². The summed E-state index contributed by atoms with van der Waals surface area (Å²) in [5.74, 6) is 0.911. The van der Waals surface area contributed by atoms with Crippen molar-refractivity contribution >= 4 is 0 Å². The van der Waals surface area contributed by atoms with Crippen LogP contribution in [-0.2, 0) is 4.74 Å². The number of ether oxygens (including phenoxy) is 1. The minimum atomic E-state index is -0.119. The lowest BCUT2D eigenvalue weighted by molar-refractivity contribution is -0.0344. The molecule has 1 atom stereocenters. The van der Waals surface area contributed by atoms with E-state index in [1.165, 1.54) is 0 Å². The summed E-state index contributed by atoms with van der Waals surface area (Å²) in [6, 6.07) is 1.57. The van der Waals surface area contributed by atoms with Gasteiger partial charge in [-0.2, -0.15) is 0 Å². The second-order valence-electron chi connectivity index (χ2n) is 5.37. The van der Waals surface area contributed by atoms with E-state index in [1.54, 1.807) is 6.07 Å². The van der Waals surface area contributed by atoms with Gasteiger partial charge in [0.15, 0.2) is 0 Å². The lowest BCUT2D eigenvalue weighted by atomic mass is 10.1. The standard InChI is InChI=1S/C14H23N3O2/c1-4-5-17-6-7-19-12(9-17)14-15-11(10(2)3)8-13(18)16-14/h8,10,12H,4-7,9H2,1-3H3,(H,15,16,18). The van der Waals surface area contributed by atoms with Crippen molar-refractivity contribution in [3.63, 3.8) is 0 Å². The number of hydrogen-bond acceptors (Lipinski definition) is 4. The number of nitrogens with one attached hydrogen (secondary N) is 1. The van der Waals surface area contributed by atoms with Gasteiger partial charge in [-0.1, -0.05) is 20.8 Å². The Morgan fingerprint density at radius 2 is 2.37 bits per heavy atom. The molecular formula is C14H23N3O2. The van der Waals surface area contributed by atoms with Crippen LogP contribution >= 0.6 is 0 Å². The van der Waals surface area contributed by atoms with Gasteiger partial charge < -0.3 is 9.72 Å². The minimum Gasteiger partial charge on any atom is -0.368 e. The fraction of sp³-hybridized carbons (Fsp3) is 0.714. The van der Waals surface area contributed by atoms with Crippen molar-refractivity contribution in [3.05, 3.63) is 27.9 Å². The summed E-state index contributed by atoms with van der Waals surface area (Å²) < 4.78 is 5.76. The second-order valence-corrected chi connectivity index (χ2v) is 5.37. The molecule has 1 unspecified atom stereocenters. The van der Waals surface area contributed by atoms with Crippen molar-refractivity contribution in [2.75, 3.05) is 26.2 Å². The molecule has 0 saturated carbocycles. The van der Waals surface area contributed by atoms with Gasteiger partial charge in [0.1, 0.15) is 11.9 Å². The second kappa shape index (κ2) is 6.30. The zero-order chi connectivity index (χ0) is 13.8. The first-order valence-electron chi connectivity index (χ1n) is 7.05. The molecular weight excluding hydrogens is 242 g/mol. The van der Waals surface area contributed by atoms with Crippen molar-refractivity contribution in [1.29, 1.82) is 0 Å². The number of rotatable bonds is 4. The van der Waals surface area contributed by atoms with Gasteiger partial charge >= 0.3 is 0 Å². The topological polar surface area (TPSA) is 58.2 Å². The van der Waals surface area contributed by atoms with E-state index in [9.17, 15) is 4.79 Å². The Kier molecular flexibility index (Phi) is 4.71. The van der Waals surface area contributed by atoms with E-state index in [0.717, 1.165) is 31.7 Å². The average molecular weight is 265 g/mol. The molecule has 5 nitrogen and oxygen atoms in total. The van der Waals surface area contributed by atoms with Crippen LogP contribution in [0.5, 0.6) is 0 Å². The van der Waals surface area contributed by atoms with Gasteiger partial charge in [0.2, 0.25) is 0 Å². The molecule has 1 fully saturated rings. The number of morpholine rings is 1. The highest BCUT2D eigenvalue weighted by Crippen LogP contribution is 2.20. The molecule has 5 heteroatoms. The third kappa shape index (κ3) is 3.64. The monoisotopic (exact) mass is 265 g/mol. The molecule has 1 aliphatic rings. The van der Waals surface area contributed by atoms with E-state index in [2.05, 4.69) is 21.8 Å². The first-order chi connectivity index (χ1) is 9.10. The maximum absolute atomic E-state index is 11.7. The molecule has 2 heterocycles.